The molecule has 1 aromatic carbocycles. The number of rotatable bonds is 5. The van der Waals surface area contributed by atoms with Crippen LogP contribution in [0.3, 0.4) is 0 Å². The molecule has 0 saturated heterocycles. The average molecular weight is 298 g/mol. The molecular weight excluding hydrogens is 275 g/mol. The van der Waals surface area contributed by atoms with E-state index >= 15 is 0 Å². The Kier molecular flexibility index (Phi) is 4.53. The molecule has 116 valence electrons. The predicted molar refractivity (Wildman–Crippen MR) is 93.7 cm³/mol. The molecule has 2 N–H and O–H groups in total. The molecule has 1 aliphatic rings. The zero-order valence-electron chi connectivity index (χ0n) is 13.2. The Bertz CT molecular complexity index is 726. The van der Waals surface area contributed by atoms with Crippen LogP contribution in [0.4, 0.5) is 5.69 Å². The summed E-state index contributed by atoms with van der Waals surface area (Å²) in [5.74, 6) is 0. The normalized spacial score (nSPS) is 14.3. The molecule has 3 rings (SSSR count). The van der Waals surface area contributed by atoms with Gasteiger partial charge in [0.2, 0.25) is 0 Å². The summed E-state index contributed by atoms with van der Waals surface area (Å²) in [6, 6.07) is 5.84. The van der Waals surface area contributed by atoms with Gasteiger partial charge in [-0.25, -0.2) is 4.79 Å². The Morgan fingerprint density at radius 2 is 2.18 bits per heavy atom. The van der Waals surface area contributed by atoms with Crippen molar-refractivity contribution < 1.29 is 4.42 Å². The third kappa shape index (κ3) is 2.90. The summed E-state index contributed by atoms with van der Waals surface area (Å²) < 4.78 is 5.44. The van der Waals surface area contributed by atoms with E-state index in [1.807, 2.05) is 0 Å². The van der Waals surface area contributed by atoms with E-state index in [0.29, 0.717) is 18.5 Å². The van der Waals surface area contributed by atoms with E-state index in [2.05, 4.69) is 24.9 Å². The minimum atomic E-state index is -0.285. The van der Waals surface area contributed by atoms with Gasteiger partial charge in [-0.2, -0.15) is 0 Å². The zero-order valence-corrected chi connectivity index (χ0v) is 13.2. The Morgan fingerprint density at radius 3 is 2.95 bits per heavy atom. The van der Waals surface area contributed by atoms with E-state index in [4.69, 9.17) is 10.2 Å². The Hall–Kier alpha value is -1.75. The van der Waals surface area contributed by atoms with Gasteiger partial charge in [0, 0.05) is 36.3 Å². The second-order valence-electron chi connectivity index (χ2n) is 6.05. The van der Waals surface area contributed by atoms with Crippen molar-refractivity contribution in [2.75, 3.05) is 24.5 Å². The van der Waals surface area contributed by atoms with Crippen molar-refractivity contribution in [1.82, 2.24) is 0 Å². The predicted octanol–water partition coefficient (Wildman–Crippen LogP) is 1.49. The number of anilines is 1. The molecule has 22 heavy (non-hydrogen) atoms. The molecule has 0 atom stereocenters. The number of aryl methyl sites for hydroxylation is 1. The number of nitrogens with zero attached hydrogens (tertiary/aromatic N) is 1. The van der Waals surface area contributed by atoms with Crippen LogP contribution in [0.1, 0.15) is 24.0 Å². The molecule has 2 heterocycles. The van der Waals surface area contributed by atoms with Gasteiger partial charge in [-0.05, 0) is 49.4 Å². The van der Waals surface area contributed by atoms with Crippen molar-refractivity contribution in [1.29, 1.82) is 0 Å². The first-order chi connectivity index (χ1) is 10.7. The first kappa shape index (κ1) is 15.2. The minimum absolute atomic E-state index is 0.285. The van der Waals surface area contributed by atoms with Gasteiger partial charge in [-0.1, -0.05) is 6.32 Å². The van der Waals surface area contributed by atoms with Gasteiger partial charge in [-0.3, -0.25) is 0 Å². The molecule has 0 amide bonds. The van der Waals surface area contributed by atoms with Crippen LogP contribution in [0.25, 0.3) is 11.0 Å². The average Bonchev–Trinajstić information content (AvgIpc) is 2.51. The standard InChI is InChI=1S/C17H23BN2O2/c18-5-2-8-20-7-1-3-13-9-14-12(4-6-19)10-17(21)22-16(14)11-15(13)20/h9-11H,1-8,18-19H2. The van der Waals surface area contributed by atoms with Gasteiger partial charge in [0.1, 0.15) is 13.4 Å². The van der Waals surface area contributed by atoms with Crippen LogP contribution in [-0.2, 0) is 12.8 Å². The highest BCUT2D eigenvalue weighted by molar-refractivity contribution is 6.08. The van der Waals surface area contributed by atoms with Crippen LogP contribution in [0.2, 0.25) is 6.32 Å². The fourth-order valence-electron chi connectivity index (χ4n) is 3.33. The lowest BCUT2D eigenvalue weighted by Gasteiger charge is -2.31. The lowest BCUT2D eigenvalue weighted by molar-refractivity contribution is 0.558. The quantitative estimate of drug-likeness (QED) is 0.671. The minimum Gasteiger partial charge on any atom is -0.423 e. The molecule has 0 radical (unpaired) electrons. The number of benzene rings is 1. The fraction of sp³-hybridized carbons (Fsp3) is 0.471. The SMILES string of the molecule is BCCCN1CCCc2cc3c(CCN)cc(=O)oc3cc21. The van der Waals surface area contributed by atoms with Gasteiger partial charge in [0.15, 0.2) is 0 Å². The second-order valence-corrected chi connectivity index (χ2v) is 6.05. The summed E-state index contributed by atoms with van der Waals surface area (Å²) >= 11 is 0. The molecule has 1 aliphatic heterocycles. The van der Waals surface area contributed by atoms with Crippen LogP contribution in [0.5, 0.6) is 0 Å². The van der Waals surface area contributed by atoms with Crippen molar-refractivity contribution in [2.24, 2.45) is 5.73 Å². The summed E-state index contributed by atoms with van der Waals surface area (Å²) in [7, 11) is 2.21. The maximum Gasteiger partial charge on any atom is 0.336 e. The van der Waals surface area contributed by atoms with Gasteiger partial charge in [0.25, 0.3) is 0 Å². The van der Waals surface area contributed by atoms with Crippen LogP contribution < -0.4 is 16.3 Å². The molecular formula is C17H23BN2O2. The van der Waals surface area contributed by atoms with E-state index < -0.39 is 0 Å². The first-order valence-corrected chi connectivity index (χ1v) is 8.27. The summed E-state index contributed by atoms with van der Waals surface area (Å²) in [6.07, 6.45) is 5.37. The number of hydrogen-bond acceptors (Lipinski definition) is 4. The van der Waals surface area contributed by atoms with E-state index in [9.17, 15) is 4.79 Å². The molecule has 4 nitrogen and oxygen atoms in total. The van der Waals surface area contributed by atoms with Gasteiger partial charge < -0.3 is 15.1 Å². The fourth-order valence-corrected chi connectivity index (χ4v) is 3.33. The van der Waals surface area contributed by atoms with Crippen LogP contribution >= 0.6 is 0 Å². The maximum atomic E-state index is 11.8. The Labute approximate surface area is 131 Å². The molecule has 0 saturated carbocycles. The van der Waals surface area contributed by atoms with E-state index in [0.717, 1.165) is 30.5 Å². The monoisotopic (exact) mass is 298 g/mol. The van der Waals surface area contributed by atoms with E-state index in [-0.39, 0.29) is 5.63 Å². The number of fused-ring (bicyclic) bond motifs is 2. The Balaban J connectivity index is 2.10. The van der Waals surface area contributed by atoms with Crippen molar-refractivity contribution >= 4 is 24.5 Å². The summed E-state index contributed by atoms with van der Waals surface area (Å²) in [6.45, 7) is 2.70. The van der Waals surface area contributed by atoms with Crippen LogP contribution in [-0.4, -0.2) is 27.5 Å². The molecule has 5 heteroatoms. The maximum absolute atomic E-state index is 11.8. The highest BCUT2D eigenvalue weighted by Crippen LogP contribution is 2.32. The molecule has 0 spiro atoms. The lowest BCUT2D eigenvalue weighted by atomic mass is 9.96. The molecule has 0 bridgehead atoms. The third-order valence-electron chi connectivity index (χ3n) is 4.44. The second kappa shape index (κ2) is 6.57. The Morgan fingerprint density at radius 1 is 1.32 bits per heavy atom. The molecule has 0 fully saturated rings. The van der Waals surface area contributed by atoms with Crippen molar-refractivity contribution in [3.05, 3.63) is 39.7 Å². The summed E-state index contributed by atoms with van der Waals surface area (Å²) in [5, 5.41) is 1.04. The topological polar surface area (TPSA) is 59.5 Å². The summed E-state index contributed by atoms with van der Waals surface area (Å²) in [4.78, 5) is 14.2. The molecule has 2 aromatic rings. The van der Waals surface area contributed by atoms with Crippen molar-refractivity contribution in [3.63, 3.8) is 0 Å². The van der Waals surface area contributed by atoms with Crippen LogP contribution in [0.15, 0.2) is 27.4 Å². The molecule has 0 aliphatic carbocycles. The van der Waals surface area contributed by atoms with E-state index in [1.165, 1.54) is 30.4 Å². The van der Waals surface area contributed by atoms with Gasteiger partial charge in [0.05, 0.1) is 0 Å². The number of hydrogen-bond donors (Lipinski definition) is 1. The van der Waals surface area contributed by atoms with E-state index in [1.54, 1.807) is 6.07 Å². The summed E-state index contributed by atoms with van der Waals surface area (Å²) in [5.41, 5.74) is 9.68. The van der Waals surface area contributed by atoms with Crippen LogP contribution in [0, 0.1) is 0 Å². The largest absolute Gasteiger partial charge is 0.423 e. The molecule has 1 aromatic heterocycles. The molecule has 0 unspecified atom stereocenters. The lowest BCUT2D eigenvalue weighted by Crippen LogP contribution is -2.30. The zero-order chi connectivity index (χ0) is 15.5. The first-order valence-electron chi connectivity index (χ1n) is 8.27. The van der Waals surface area contributed by atoms with Crippen molar-refractivity contribution in [2.45, 2.75) is 32.0 Å². The van der Waals surface area contributed by atoms with Gasteiger partial charge in [-0.15, -0.1) is 0 Å². The van der Waals surface area contributed by atoms with Gasteiger partial charge >= 0.3 is 5.63 Å². The smallest absolute Gasteiger partial charge is 0.336 e. The number of nitrogens with two attached hydrogens (primary N) is 1. The van der Waals surface area contributed by atoms with Crippen molar-refractivity contribution in [3.8, 4) is 0 Å². The third-order valence-corrected chi connectivity index (χ3v) is 4.44. The highest BCUT2D eigenvalue weighted by Gasteiger charge is 2.19. The highest BCUT2D eigenvalue weighted by atomic mass is 16.4.